The Balaban J connectivity index is 2.58. The van der Waals surface area contributed by atoms with Crippen LogP contribution in [-0.4, -0.2) is 31.1 Å². The van der Waals surface area contributed by atoms with E-state index in [1.165, 1.54) is 5.56 Å². The summed E-state index contributed by atoms with van der Waals surface area (Å²) in [7, 11) is 4.10. The third-order valence-electron chi connectivity index (χ3n) is 2.74. The van der Waals surface area contributed by atoms with Crippen LogP contribution in [0.25, 0.3) is 0 Å². The molecule has 2 nitrogen and oxygen atoms in total. The summed E-state index contributed by atoms with van der Waals surface area (Å²) in [6.45, 7) is 6.24. The first-order chi connectivity index (χ1) is 7.44. The number of nitrogens with zero attached hydrogens (tertiary/aromatic N) is 1. The Morgan fingerprint density at radius 2 is 1.94 bits per heavy atom. The minimum Gasteiger partial charge on any atom is -0.314 e. The Labute approximate surface area is 104 Å². The van der Waals surface area contributed by atoms with Crippen molar-refractivity contribution in [2.24, 2.45) is 0 Å². The van der Waals surface area contributed by atoms with Crippen LogP contribution in [0.15, 0.2) is 24.3 Å². The van der Waals surface area contributed by atoms with Gasteiger partial charge in [0.05, 0.1) is 0 Å². The molecule has 1 N–H and O–H groups in total. The molecule has 0 heterocycles. The van der Waals surface area contributed by atoms with Gasteiger partial charge in [0.15, 0.2) is 0 Å². The minimum atomic E-state index is 0.121. The average molecular weight is 241 g/mol. The van der Waals surface area contributed by atoms with Crippen LogP contribution in [0, 0.1) is 0 Å². The number of hydrogen-bond donors (Lipinski definition) is 1. The van der Waals surface area contributed by atoms with Crippen LogP contribution < -0.4 is 5.32 Å². The van der Waals surface area contributed by atoms with E-state index in [4.69, 9.17) is 11.6 Å². The molecule has 0 radical (unpaired) electrons. The standard InChI is InChI=1S/C13H21ClN2/c1-13(2,15-3)10-16(4)9-11-7-5-6-8-12(11)14/h5-8,15H,9-10H2,1-4H3. The van der Waals surface area contributed by atoms with Crippen molar-refractivity contribution >= 4 is 11.6 Å². The molecule has 1 aromatic rings. The molecule has 1 rings (SSSR count). The highest BCUT2D eigenvalue weighted by Crippen LogP contribution is 2.17. The van der Waals surface area contributed by atoms with Gasteiger partial charge in [0, 0.05) is 23.7 Å². The summed E-state index contributed by atoms with van der Waals surface area (Å²) in [6, 6.07) is 8.00. The molecule has 0 atom stereocenters. The van der Waals surface area contributed by atoms with Crippen molar-refractivity contribution in [2.75, 3.05) is 20.6 Å². The van der Waals surface area contributed by atoms with Crippen molar-refractivity contribution in [3.05, 3.63) is 34.9 Å². The van der Waals surface area contributed by atoms with E-state index in [0.29, 0.717) is 0 Å². The lowest BCUT2D eigenvalue weighted by atomic mass is 10.1. The van der Waals surface area contributed by atoms with E-state index in [1.807, 2.05) is 25.2 Å². The van der Waals surface area contributed by atoms with Gasteiger partial charge in [0.2, 0.25) is 0 Å². The van der Waals surface area contributed by atoms with Gasteiger partial charge < -0.3 is 10.2 Å². The van der Waals surface area contributed by atoms with Crippen LogP contribution in [0.5, 0.6) is 0 Å². The number of nitrogens with one attached hydrogen (secondary N) is 1. The molecule has 0 saturated heterocycles. The minimum absolute atomic E-state index is 0.121. The van der Waals surface area contributed by atoms with Crippen molar-refractivity contribution in [1.82, 2.24) is 10.2 Å². The van der Waals surface area contributed by atoms with Crippen LogP contribution in [0.1, 0.15) is 19.4 Å². The third-order valence-corrected chi connectivity index (χ3v) is 3.11. The van der Waals surface area contributed by atoms with Crippen molar-refractivity contribution < 1.29 is 0 Å². The number of halogens is 1. The Kier molecular flexibility index (Phi) is 4.78. The molecule has 0 saturated carbocycles. The van der Waals surface area contributed by atoms with Gasteiger partial charge in [0.1, 0.15) is 0 Å². The van der Waals surface area contributed by atoms with Crippen LogP contribution in [0.3, 0.4) is 0 Å². The lowest BCUT2D eigenvalue weighted by Gasteiger charge is -2.30. The molecule has 16 heavy (non-hydrogen) atoms. The molecule has 0 aliphatic heterocycles. The molecule has 1 aromatic carbocycles. The maximum atomic E-state index is 6.13. The van der Waals surface area contributed by atoms with Gasteiger partial charge in [-0.1, -0.05) is 29.8 Å². The number of hydrogen-bond acceptors (Lipinski definition) is 2. The number of rotatable bonds is 5. The van der Waals surface area contributed by atoms with Crippen molar-refractivity contribution in [3.8, 4) is 0 Å². The maximum absolute atomic E-state index is 6.13. The smallest absolute Gasteiger partial charge is 0.0451 e. The van der Waals surface area contributed by atoms with Gasteiger partial charge in [-0.3, -0.25) is 0 Å². The first kappa shape index (κ1) is 13.5. The lowest BCUT2D eigenvalue weighted by molar-refractivity contribution is 0.238. The Bertz CT molecular complexity index is 336. The normalized spacial score (nSPS) is 12.1. The van der Waals surface area contributed by atoms with E-state index < -0.39 is 0 Å². The Morgan fingerprint density at radius 3 is 2.50 bits per heavy atom. The SMILES string of the molecule is CNC(C)(C)CN(C)Cc1ccccc1Cl. The second-order valence-corrected chi connectivity index (χ2v) is 5.30. The monoisotopic (exact) mass is 240 g/mol. The molecule has 0 aliphatic carbocycles. The quantitative estimate of drug-likeness (QED) is 0.852. The lowest BCUT2D eigenvalue weighted by Crippen LogP contribution is -2.46. The van der Waals surface area contributed by atoms with Gasteiger partial charge in [-0.05, 0) is 39.6 Å². The largest absolute Gasteiger partial charge is 0.314 e. The van der Waals surface area contributed by atoms with Crippen molar-refractivity contribution in [1.29, 1.82) is 0 Å². The first-order valence-electron chi connectivity index (χ1n) is 5.55. The van der Waals surface area contributed by atoms with Crippen LogP contribution in [0.4, 0.5) is 0 Å². The summed E-state index contributed by atoms with van der Waals surface area (Å²) >= 11 is 6.13. The highest BCUT2D eigenvalue weighted by Gasteiger charge is 2.17. The fraction of sp³-hybridized carbons (Fsp3) is 0.538. The summed E-state index contributed by atoms with van der Waals surface area (Å²) in [5, 5.41) is 4.14. The van der Waals surface area contributed by atoms with E-state index in [-0.39, 0.29) is 5.54 Å². The second-order valence-electron chi connectivity index (χ2n) is 4.90. The zero-order valence-corrected chi connectivity index (χ0v) is 11.3. The molecule has 0 aliphatic rings. The zero-order chi connectivity index (χ0) is 12.2. The van der Waals surface area contributed by atoms with E-state index >= 15 is 0 Å². The van der Waals surface area contributed by atoms with Crippen molar-refractivity contribution in [2.45, 2.75) is 25.9 Å². The summed E-state index contributed by atoms with van der Waals surface area (Å²) in [5.41, 5.74) is 1.30. The van der Waals surface area contributed by atoms with E-state index in [0.717, 1.165) is 18.1 Å². The predicted octanol–water partition coefficient (Wildman–Crippen LogP) is 2.77. The maximum Gasteiger partial charge on any atom is 0.0451 e. The highest BCUT2D eigenvalue weighted by atomic mass is 35.5. The number of benzene rings is 1. The fourth-order valence-electron chi connectivity index (χ4n) is 1.73. The molecule has 0 aromatic heterocycles. The van der Waals surface area contributed by atoms with E-state index in [9.17, 15) is 0 Å². The van der Waals surface area contributed by atoms with Gasteiger partial charge >= 0.3 is 0 Å². The van der Waals surface area contributed by atoms with Gasteiger partial charge in [-0.2, -0.15) is 0 Å². The van der Waals surface area contributed by atoms with Crippen LogP contribution in [0.2, 0.25) is 5.02 Å². The van der Waals surface area contributed by atoms with Gasteiger partial charge in [-0.25, -0.2) is 0 Å². The Hall–Kier alpha value is -0.570. The summed E-state index contributed by atoms with van der Waals surface area (Å²) in [5.74, 6) is 0. The first-order valence-corrected chi connectivity index (χ1v) is 5.93. The van der Waals surface area contributed by atoms with E-state index in [2.05, 4.69) is 37.2 Å². The highest BCUT2D eigenvalue weighted by molar-refractivity contribution is 6.31. The molecule has 0 unspecified atom stereocenters. The average Bonchev–Trinajstić information content (AvgIpc) is 2.21. The summed E-state index contributed by atoms with van der Waals surface area (Å²) < 4.78 is 0. The fourth-order valence-corrected chi connectivity index (χ4v) is 1.92. The molecule has 0 fully saturated rings. The predicted molar refractivity (Wildman–Crippen MR) is 70.9 cm³/mol. The zero-order valence-electron chi connectivity index (χ0n) is 10.5. The van der Waals surface area contributed by atoms with Gasteiger partial charge in [0.25, 0.3) is 0 Å². The summed E-state index contributed by atoms with van der Waals surface area (Å²) in [6.07, 6.45) is 0. The molecular weight excluding hydrogens is 220 g/mol. The molecular formula is C13H21ClN2. The Morgan fingerprint density at radius 1 is 1.31 bits per heavy atom. The molecule has 0 amide bonds. The second kappa shape index (κ2) is 5.67. The molecule has 3 heteroatoms. The number of likely N-dealkylation sites (N-methyl/N-ethyl adjacent to an activating group) is 2. The molecule has 90 valence electrons. The molecule has 0 spiro atoms. The van der Waals surface area contributed by atoms with Gasteiger partial charge in [-0.15, -0.1) is 0 Å². The summed E-state index contributed by atoms with van der Waals surface area (Å²) in [4.78, 5) is 2.28. The van der Waals surface area contributed by atoms with Crippen LogP contribution >= 0.6 is 11.6 Å². The third kappa shape index (κ3) is 4.12. The van der Waals surface area contributed by atoms with E-state index in [1.54, 1.807) is 0 Å². The topological polar surface area (TPSA) is 15.3 Å². The van der Waals surface area contributed by atoms with Crippen molar-refractivity contribution in [3.63, 3.8) is 0 Å². The molecule has 0 bridgehead atoms. The van der Waals surface area contributed by atoms with Crippen LogP contribution in [-0.2, 0) is 6.54 Å².